The van der Waals surface area contributed by atoms with Crippen molar-refractivity contribution in [1.29, 1.82) is 0 Å². The summed E-state index contributed by atoms with van der Waals surface area (Å²) in [6, 6.07) is 6.19. The lowest BCUT2D eigenvalue weighted by Gasteiger charge is -2.07. The molecule has 2 rings (SSSR count). The SMILES string of the molecule is O=[N+]([O-])c1ccc(Oc2ccc(Cl)cc2[N+](=O)[O-])c([N+](=O)[O-])c1. The molecule has 0 heterocycles. The lowest BCUT2D eigenvalue weighted by molar-refractivity contribution is -0.394. The van der Waals surface area contributed by atoms with E-state index in [0.29, 0.717) is 6.07 Å². The molecular formula is C12H6ClN3O7. The van der Waals surface area contributed by atoms with E-state index in [1.807, 2.05) is 0 Å². The fourth-order valence-electron chi connectivity index (χ4n) is 1.69. The van der Waals surface area contributed by atoms with Gasteiger partial charge in [-0.2, -0.15) is 0 Å². The van der Waals surface area contributed by atoms with E-state index >= 15 is 0 Å². The maximum absolute atomic E-state index is 11.0. The molecule has 118 valence electrons. The fraction of sp³-hybridized carbons (Fsp3) is 0. The molecule has 2 aromatic rings. The van der Waals surface area contributed by atoms with E-state index in [1.165, 1.54) is 12.1 Å². The number of non-ortho nitro benzene ring substituents is 1. The predicted octanol–water partition coefficient (Wildman–Crippen LogP) is 3.86. The van der Waals surface area contributed by atoms with Crippen molar-refractivity contribution in [2.75, 3.05) is 0 Å². The van der Waals surface area contributed by atoms with Gasteiger partial charge in [0.1, 0.15) is 0 Å². The van der Waals surface area contributed by atoms with E-state index < -0.39 is 31.8 Å². The Balaban J connectivity index is 2.50. The molecule has 23 heavy (non-hydrogen) atoms. The number of hydrogen-bond acceptors (Lipinski definition) is 7. The summed E-state index contributed by atoms with van der Waals surface area (Å²) in [6.07, 6.45) is 0. The number of ether oxygens (including phenoxy) is 1. The van der Waals surface area contributed by atoms with Gasteiger partial charge in [-0.25, -0.2) is 0 Å². The number of nitro benzene ring substituents is 3. The van der Waals surface area contributed by atoms with Crippen molar-refractivity contribution in [3.63, 3.8) is 0 Å². The van der Waals surface area contributed by atoms with E-state index in [2.05, 4.69) is 0 Å². The van der Waals surface area contributed by atoms with Crippen molar-refractivity contribution in [1.82, 2.24) is 0 Å². The topological polar surface area (TPSA) is 139 Å². The first-order valence-electron chi connectivity index (χ1n) is 5.84. The van der Waals surface area contributed by atoms with Crippen molar-refractivity contribution in [2.45, 2.75) is 0 Å². The molecule has 0 spiro atoms. The lowest BCUT2D eigenvalue weighted by atomic mass is 10.2. The van der Waals surface area contributed by atoms with Gasteiger partial charge in [-0.3, -0.25) is 30.3 Å². The summed E-state index contributed by atoms with van der Waals surface area (Å²) in [5, 5.41) is 32.7. The Morgan fingerprint density at radius 1 is 0.783 bits per heavy atom. The average Bonchev–Trinajstić information content (AvgIpc) is 2.48. The van der Waals surface area contributed by atoms with Crippen LogP contribution in [0.25, 0.3) is 0 Å². The molecular weight excluding hydrogens is 334 g/mol. The molecule has 0 unspecified atom stereocenters. The Bertz CT molecular complexity index is 824. The first-order valence-corrected chi connectivity index (χ1v) is 6.22. The van der Waals surface area contributed by atoms with Crippen LogP contribution in [0, 0.1) is 30.3 Å². The summed E-state index contributed by atoms with van der Waals surface area (Å²) >= 11 is 5.66. The molecule has 0 aromatic heterocycles. The highest BCUT2D eigenvalue weighted by atomic mass is 35.5. The third kappa shape index (κ3) is 3.49. The van der Waals surface area contributed by atoms with Crippen LogP contribution in [0.2, 0.25) is 5.02 Å². The first kappa shape index (κ1) is 16.1. The van der Waals surface area contributed by atoms with Crippen LogP contribution in [0.5, 0.6) is 11.5 Å². The fourth-order valence-corrected chi connectivity index (χ4v) is 1.85. The molecule has 0 saturated carbocycles. The average molecular weight is 340 g/mol. The van der Waals surface area contributed by atoms with Crippen LogP contribution >= 0.6 is 11.6 Å². The van der Waals surface area contributed by atoms with Crippen LogP contribution in [-0.4, -0.2) is 14.8 Å². The summed E-state index contributed by atoms with van der Waals surface area (Å²) in [6.45, 7) is 0. The Labute approximate surface area is 132 Å². The zero-order chi connectivity index (χ0) is 17.1. The Morgan fingerprint density at radius 3 is 1.83 bits per heavy atom. The molecule has 0 amide bonds. The monoisotopic (exact) mass is 339 g/mol. The molecule has 0 aliphatic carbocycles. The molecule has 11 heteroatoms. The predicted molar refractivity (Wildman–Crippen MR) is 77.9 cm³/mol. The van der Waals surface area contributed by atoms with Gasteiger partial charge in [0.15, 0.2) is 0 Å². The van der Waals surface area contributed by atoms with Gasteiger partial charge in [-0.05, 0) is 18.2 Å². The Kier molecular flexibility index (Phi) is 4.37. The largest absolute Gasteiger partial charge is 0.443 e. The van der Waals surface area contributed by atoms with E-state index in [4.69, 9.17) is 16.3 Å². The molecule has 0 atom stereocenters. The number of benzene rings is 2. The summed E-state index contributed by atoms with van der Waals surface area (Å²) < 4.78 is 5.19. The number of rotatable bonds is 5. The highest BCUT2D eigenvalue weighted by molar-refractivity contribution is 6.30. The second-order valence-electron chi connectivity index (χ2n) is 4.14. The lowest BCUT2D eigenvalue weighted by Crippen LogP contribution is -1.98. The standard InChI is InChI=1S/C12H6ClN3O7/c13-7-1-3-11(9(5-7)15(19)20)23-12-4-2-8(14(17)18)6-10(12)16(21)22/h1-6H. The van der Waals surface area contributed by atoms with Crippen LogP contribution < -0.4 is 4.74 Å². The second-order valence-corrected chi connectivity index (χ2v) is 4.57. The minimum atomic E-state index is -0.885. The van der Waals surface area contributed by atoms with Gasteiger partial charge in [-0.1, -0.05) is 11.6 Å². The van der Waals surface area contributed by atoms with Crippen molar-refractivity contribution in [3.05, 3.63) is 71.8 Å². The zero-order valence-corrected chi connectivity index (χ0v) is 11.8. The molecule has 0 bridgehead atoms. The normalized spacial score (nSPS) is 10.1. The Morgan fingerprint density at radius 2 is 1.30 bits per heavy atom. The summed E-state index contributed by atoms with van der Waals surface area (Å²) in [5.41, 5.74) is -1.69. The van der Waals surface area contributed by atoms with Crippen molar-refractivity contribution < 1.29 is 19.5 Å². The minimum Gasteiger partial charge on any atom is -0.443 e. The third-order valence-electron chi connectivity index (χ3n) is 2.69. The van der Waals surface area contributed by atoms with Gasteiger partial charge < -0.3 is 4.74 Å². The molecule has 2 aromatic carbocycles. The van der Waals surface area contributed by atoms with Gasteiger partial charge in [-0.15, -0.1) is 0 Å². The van der Waals surface area contributed by atoms with Crippen LogP contribution in [-0.2, 0) is 0 Å². The second kappa shape index (κ2) is 6.23. The van der Waals surface area contributed by atoms with E-state index in [0.717, 1.165) is 18.2 Å². The van der Waals surface area contributed by atoms with Gasteiger partial charge >= 0.3 is 11.4 Å². The minimum absolute atomic E-state index is 0.0854. The molecule has 0 saturated heterocycles. The maximum atomic E-state index is 11.0. The molecule has 0 aliphatic rings. The molecule has 0 aliphatic heterocycles. The number of nitro groups is 3. The van der Waals surface area contributed by atoms with E-state index in [9.17, 15) is 30.3 Å². The van der Waals surface area contributed by atoms with E-state index in [1.54, 1.807) is 0 Å². The van der Waals surface area contributed by atoms with Crippen LogP contribution in [0.3, 0.4) is 0 Å². The first-order chi connectivity index (χ1) is 10.8. The van der Waals surface area contributed by atoms with Gasteiger partial charge in [0.2, 0.25) is 11.5 Å². The molecule has 0 fully saturated rings. The number of nitrogens with zero attached hydrogens (tertiary/aromatic N) is 3. The van der Waals surface area contributed by atoms with Gasteiger partial charge in [0.05, 0.1) is 20.8 Å². The van der Waals surface area contributed by atoms with Crippen molar-refractivity contribution in [3.8, 4) is 11.5 Å². The summed E-state index contributed by atoms with van der Waals surface area (Å²) in [5.74, 6) is -0.651. The maximum Gasteiger partial charge on any atom is 0.318 e. The van der Waals surface area contributed by atoms with Crippen LogP contribution in [0.4, 0.5) is 17.1 Å². The molecule has 10 nitrogen and oxygen atoms in total. The van der Waals surface area contributed by atoms with Gasteiger partial charge in [0, 0.05) is 17.2 Å². The highest BCUT2D eigenvalue weighted by Crippen LogP contribution is 2.38. The van der Waals surface area contributed by atoms with Crippen molar-refractivity contribution >= 4 is 28.7 Å². The number of hydrogen-bond donors (Lipinski definition) is 0. The molecule has 0 N–H and O–H groups in total. The zero-order valence-electron chi connectivity index (χ0n) is 11.0. The smallest absolute Gasteiger partial charge is 0.318 e. The van der Waals surface area contributed by atoms with Gasteiger partial charge in [0.25, 0.3) is 5.69 Å². The van der Waals surface area contributed by atoms with Crippen molar-refractivity contribution in [2.24, 2.45) is 0 Å². The number of halogens is 1. The highest BCUT2D eigenvalue weighted by Gasteiger charge is 2.24. The Hall–Kier alpha value is -3.27. The molecule has 0 radical (unpaired) electrons. The summed E-state index contributed by atoms with van der Waals surface area (Å²) in [7, 11) is 0. The third-order valence-corrected chi connectivity index (χ3v) is 2.92. The summed E-state index contributed by atoms with van der Waals surface area (Å²) in [4.78, 5) is 30.2. The van der Waals surface area contributed by atoms with E-state index in [-0.39, 0.29) is 16.5 Å². The van der Waals surface area contributed by atoms with Crippen LogP contribution in [0.1, 0.15) is 0 Å². The van der Waals surface area contributed by atoms with Crippen LogP contribution in [0.15, 0.2) is 36.4 Å². The quantitative estimate of drug-likeness (QED) is 0.595.